The van der Waals surface area contributed by atoms with E-state index in [9.17, 15) is 4.79 Å². The first-order valence-electron chi connectivity index (χ1n) is 11.3. The molecule has 32 heavy (non-hydrogen) atoms. The molecule has 2 aromatic carbocycles. The van der Waals surface area contributed by atoms with Crippen LogP contribution >= 0.6 is 0 Å². The molecule has 6 nitrogen and oxygen atoms in total. The van der Waals surface area contributed by atoms with Gasteiger partial charge in [0.25, 0.3) is 0 Å². The molecule has 164 valence electrons. The first-order valence-corrected chi connectivity index (χ1v) is 11.3. The highest BCUT2D eigenvalue weighted by Crippen LogP contribution is 2.27. The molecule has 5 rings (SSSR count). The molecule has 1 saturated heterocycles. The van der Waals surface area contributed by atoms with Crippen LogP contribution in [-0.2, 0) is 18.4 Å². The molecule has 4 aromatic rings. The molecule has 0 aliphatic carbocycles. The number of likely N-dealkylation sites (tertiary alicyclic amines) is 1. The Bertz CT molecular complexity index is 1220. The highest BCUT2D eigenvalue weighted by molar-refractivity contribution is 5.94. The van der Waals surface area contributed by atoms with E-state index in [4.69, 9.17) is 0 Å². The number of anilines is 1. The van der Waals surface area contributed by atoms with Crippen LogP contribution in [0.1, 0.15) is 24.1 Å². The third-order valence-electron chi connectivity index (χ3n) is 6.58. The Morgan fingerprint density at radius 3 is 2.88 bits per heavy atom. The van der Waals surface area contributed by atoms with E-state index < -0.39 is 0 Å². The highest BCUT2D eigenvalue weighted by atomic mass is 16.1. The van der Waals surface area contributed by atoms with Crippen LogP contribution in [0.15, 0.2) is 60.8 Å². The van der Waals surface area contributed by atoms with Gasteiger partial charge in [-0.1, -0.05) is 30.3 Å². The smallest absolute Gasteiger partial charge is 0.228 e. The first-order chi connectivity index (χ1) is 15.6. The molecule has 1 aliphatic rings. The van der Waals surface area contributed by atoms with Crippen molar-refractivity contribution < 1.29 is 4.79 Å². The molecule has 6 heteroatoms. The minimum Gasteiger partial charge on any atom is -0.355 e. The van der Waals surface area contributed by atoms with Crippen LogP contribution in [0.25, 0.3) is 22.2 Å². The number of benzene rings is 2. The summed E-state index contributed by atoms with van der Waals surface area (Å²) in [6.45, 7) is 4.74. The maximum atomic E-state index is 13.1. The van der Waals surface area contributed by atoms with Gasteiger partial charge in [-0.15, -0.1) is 0 Å². The first kappa shape index (κ1) is 20.5. The minimum absolute atomic E-state index is 0.00235. The molecule has 0 bridgehead atoms. The zero-order valence-electron chi connectivity index (χ0n) is 18.6. The van der Waals surface area contributed by atoms with Gasteiger partial charge in [0.1, 0.15) is 0 Å². The quantitative estimate of drug-likeness (QED) is 0.484. The SMILES string of the molecule is Cc1c(CN2CCC[C@@H](C(=O)Nc3cccc(-c4cc5ccccc5[nH]4)c3)C2)cnn1C. The van der Waals surface area contributed by atoms with Crippen LogP contribution in [0.2, 0.25) is 0 Å². The second kappa shape index (κ2) is 8.63. The fourth-order valence-corrected chi connectivity index (χ4v) is 4.59. The summed E-state index contributed by atoms with van der Waals surface area (Å²) in [7, 11) is 1.97. The van der Waals surface area contributed by atoms with Crippen LogP contribution in [0.5, 0.6) is 0 Å². The van der Waals surface area contributed by atoms with Gasteiger partial charge in [-0.3, -0.25) is 14.4 Å². The molecule has 2 N–H and O–H groups in total. The van der Waals surface area contributed by atoms with Crippen molar-refractivity contribution in [2.24, 2.45) is 13.0 Å². The number of aromatic amines is 1. The number of amides is 1. The molecule has 0 unspecified atom stereocenters. The van der Waals surface area contributed by atoms with Crippen molar-refractivity contribution in [1.82, 2.24) is 19.7 Å². The number of carbonyl (C=O) groups is 1. The van der Waals surface area contributed by atoms with Crippen LogP contribution in [0.4, 0.5) is 5.69 Å². The van der Waals surface area contributed by atoms with Gasteiger partial charge in [0.05, 0.1) is 12.1 Å². The Kier molecular flexibility index (Phi) is 5.53. The fraction of sp³-hybridized carbons (Fsp3) is 0.308. The molecule has 1 amide bonds. The van der Waals surface area contributed by atoms with Gasteiger partial charge < -0.3 is 10.3 Å². The Labute approximate surface area is 188 Å². The molecular weight excluding hydrogens is 398 g/mol. The summed E-state index contributed by atoms with van der Waals surface area (Å²) in [6, 6.07) is 18.5. The second-order valence-electron chi connectivity index (χ2n) is 8.79. The van der Waals surface area contributed by atoms with Crippen molar-refractivity contribution >= 4 is 22.5 Å². The number of piperidine rings is 1. The average Bonchev–Trinajstić information content (AvgIpc) is 3.38. The maximum absolute atomic E-state index is 13.1. The Balaban J connectivity index is 1.26. The van der Waals surface area contributed by atoms with Crippen molar-refractivity contribution in [1.29, 1.82) is 0 Å². The number of fused-ring (bicyclic) bond motifs is 1. The minimum atomic E-state index is -0.00235. The van der Waals surface area contributed by atoms with E-state index in [1.165, 1.54) is 16.6 Å². The Hall–Kier alpha value is -3.38. The van der Waals surface area contributed by atoms with Gasteiger partial charge in [0.2, 0.25) is 5.91 Å². The zero-order chi connectivity index (χ0) is 22.1. The van der Waals surface area contributed by atoms with Crippen molar-refractivity contribution in [3.8, 4) is 11.3 Å². The van der Waals surface area contributed by atoms with Crippen molar-refractivity contribution in [3.05, 3.63) is 72.1 Å². The number of nitrogens with one attached hydrogen (secondary N) is 2. The number of hydrogen-bond donors (Lipinski definition) is 2. The topological polar surface area (TPSA) is 66.0 Å². The van der Waals surface area contributed by atoms with Crippen molar-refractivity contribution in [2.75, 3.05) is 18.4 Å². The van der Waals surface area contributed by atoms with Gasteiger partial charge in [-0.25, -0.2) is 0 Å². The molecule has 1 aliphatic heterocycles. The van der Waals surface area contributed by atoms with E-state index in [0.29, 0.717) is 0 Å². The lowest BCUT2D eigenvalue weighted by Crippen LogP contribution is -2.40. The van der Waals surface area contributed by atoms with Gasteiger partial charge in [-0.2, -0.15) is 5.10 Å². The number of aryl methyl sites for hydroxylation is 1. The molecule has 2 aromatic heterocycles. The molecule has 1 atom stereocenters. The number of aromatic nitrogens is 3. The molecule has 0 radical (unpaired) electrons. The van der Waals surface area contributed by atoms with E-state index in [-0.39, 0.29) is 11.8 Å². The summed E-state index contributed by atoms with van der Waals surface area (Å²) in [5.74, 6) is 0.101. The van der Waals surface area contributed by atoms with E-state index in [0.717, 1.165) is 54.9 Å². The fourth-order valence-electron chi connectivity index (χ4n) is 4.59. The monoisotopic (exact) mass is 427 g/mol. The largest absolute Gasteiger partial charge is 0.355 e. The molecule has 0 saturated carbocycles. The number of carbonyl (C=O) groups excluding carboxylic acids is 1. The maximum Gasteiger partial charge on any atom is 0.228 e. The van der Waals surface area contributed by atoms with Gasteiger partial charge in [-0.05, 0) is 50.6 Å². The summed E-state index contributed by atoms with van der Waals surface area (Å²) >= 11 is 0. The summed E-state index contributed by atoms with van der Waals surface area (Å²) in [6.07, 6.45) is 3.90. The van der Waals surface area contributed by atoms with E-state index in [2.05, 4.69) is 51.5 Å². The molecule has 1 fully saturated rings. The Morgan fingerprint density at radius 2 is 2.06 bits per heavy atom. The number of H-pyrrole nitrogens is 1. The lowest BCUT2D eigenvalue weighted by molar-refractivity contribution is -0.121. The number of rotatable bonds is 5. The van der Waals surface area contributed by atoms with Crippen LogP contribution in [0.3, 0.4) is 0 Å². The molecular formula is C26H29N5O. The van der Waals surface area contributed by atoms with Crippen LogP contribution in [0, 0.1) is 12.8 Å². The third-order valence-corrected chi connectivity index (χ3v) is 6.58. The number of hydrogen-bond acceptors (Lipinski definition) is 3. The standard InChI is InChI=1S/C26H29N5O/c1-18-22(15-27-30(18)2)17-31-12-6-9-21(16-31)26(32)28-23-10-5-8-19(13-23)25-14-20-7-3-4-11-24(20)29-25/h3-5,7-8,10-11,13-15,21,29H,6,9,12,16-17H2,1-2H3,(H,28,32)/t21-/m1/s1. The normalized spacial score (nSPS) is 17.0. The number of para-hydroxylation sites is 1. The number of nitrogens with zero attached hydrogens (tertiary/aromatic N) is 3. The highest BCUT2D eigenvalue weighted by Gasteiger charge is 2.26. The van der Waals surface area contributed by atoms with Crippen LogP contribution in [-0.4, -0.2) is 38.7 Å². The second-order valence-corrected chi connectivity index (χ2v) is 8.79. The summed E-state index contributed by atoms with van der Waals surface area (Å²) < 4.78 is 1.91. The third kappa shape index (κ3) is 4.18. The van der Waals surface area contributed by atoms with Crippen molar-refractivity contribution in [2.45, 2.75) is 26.3 Å². The average molecular weight is 428 g/mol. The lowest BCUT2D eigenvalue weighted by atomic mass is 9.96. The van der Waals surface area contributed by atoms with Gasteiger partial charge >= 0.3 is 0 Å². The van der Waals surface area contributed by atoms with Crippen LogP contribution < -0.4 is 5.32 Å². The summed E-state index contributed by atoms with van der Waals surface area (Å²) in [5, 5.41) is 8.69. The Morgan fingerprint density at radius 1 is 1.19 bits per heavy atom. The van der Waals surface area contributed by atoms with Crippen molar-refractivity contribution in [3.63, 3.8) is 0 Å². The predicted molar refractivity (Wildman–Crippen MR) is 128 cm³/mol. The molecule has 3 heterocycles. The van der Waals surface area contributed by atoms with Gasteiger partial charge in [0, 0.05) is 59.2 Å². The molecule has 0 spiro atoms. The summed E-state index contributed by atoms with van der Waals surface area (Å²) in [4.78, 5) is 18.9. The zero-order valence-corrected chi connectivity index (χ0v) is 18.6. The summed E-state index contributed by atoms with van der Waals surface area (Å²) in [5.41, 5.74) is 6.49. The van der Waals surface area contributed by atoms with E-state index in [1.54, 1.807) is 0 Å². The lowest BCUT2D eigenvalue weighted by Gasteiger charge is -2.31. The van der Waals surface area contributed by atoms with E-state index >= 15 is 0 Å². The van der Waals surface area contributed by atoms with E-state index in [1.807, 2.05) is 48.3 Å². The van der Waals surface area contributed by atoms with Gasteiger partial charge in [0.15, 0.2) is 0 Å². The predicted octanol–water partition coefficient (Wildman–Crippen LogP) is 4.73.